The van der Waals surface area contributed by atoms with Crippen LogP contribution in [0.5, 0.6) is 0 Å². The summed E-state index contributed by atoms with van der Waals surface area (Å²) in [5.74, 6) is -1.34. The van der Waals surface area contributed by atoms with Crippen LogP contribution in [0.25, 0.3) is 0 Å². The summed E-state index contributed by atoms with van der Waals surface area (Å²) in [5, 5.41) is 13.9. The molecule has 1 aromatic rings. The highest BCUT2D eigenvalue weighted by atomic mass is 16.3. The van der Waals surface area contributed by atoms with Crippen molar-refractivity contribution in [1.29, 1.82) is 0 Å². The predicted molar refractivity (Wildman–Crippen MR) is 78.5 cm³/mol. The molecule has 5 heteroatoms. The molecule has 0 fully saturated rings. The predicted octanol–water partition coefficient (Wildman–Crippen LogP) is 1.52. The Morgan fingerprint density at radius 3 is 2.50 bits per heavy atom. The fraction of sp³-hybridized carbons (Fsp3) is 0.467. The summed E-state index contributed by atoms with van der Waals surface area (Å²) in [6.07, 6.45) is 1.24. The van der Waals surface area contributed by atoms with Crippen molar-refractivity contribution in [3.8, 4) is 0 Å². The third-order valence-corrected chi connectivity index (χ3v) is 3.14. The molecule has 3 N–H and O–H groups in total. The first-order valence-corrected chi connectivity index (χ1v) is 6.74. The Kier molecular flexibility index (Phi) is 6.18. The summed E-state index contributed by atoms with van der Waals surface area (Å²) in [7, 11) is 0. The Balaban J connectivity index is 2.53. The number of benzene rings is 1. The SMILES string of the molecule is Cc1ccc(NC(=O)C(=O)NC(C)CCCO)cc1C. The average molecular weight is 278 g/mol. The second kappa shape index (κ2) is 7.65. The van der Waals surface area contributed by atoms with Gasteiger partial charge in [0.25, 0.3) is 0 Å². The number of anilines is 1. The van der Waals surface area contributed by atoms with E-state index in [-0.39, 0.29) is 12.6 Å². The van der Waals surface area contributed by atoms with Crippen molar-refractivity contribution in [3.05, 3.63) is 29.3 Å². The molecule has 0 radical (unpaired) electrons. The molecule has 0 aliphatic carbocycles. The quantitative estimate of drug-likeness (QED) is 0.715. The van der Waals surface area contributed by atoms with Gasteiger partial charge in [-0.25, -0.2) is 0 Å². The number of rotatable bonds is 5. The molecule has 0 saturated carbocycles. The zero-order valence-corrected chi connectivity index (χ0v) is 12.2. The molecule has 110 valence electrons. The largest absolute Gasteiger partial charge is 0.396 e. The van der Waals surface area contributed by atoms with Crippen molar-refractivity contribution >= 4 is 17.5 Å². The van der Waals surface area contributed by atoms with Crippen molar-refractivity contribution in [2.75, 3.05) is 11.9 Å². The Labute approximate surface area is 119 Å². The number of aliphatic hydroxyl groups is 1. The van der Waals surface area contributed by atoms with E-state index in [1.54, 1.807) is 13.0 Å². The van der Waals surface area contributed by atoms with E-state index in [2.05, 4.69) is 10.6 Å². The maximum Gasteiger partial charge on any atom is 0.313 e. The van der Waals surface area contributed by atoms with Crippen LogP contribution in [0, 0.1) is 13.8 Å². The number of hydrogen-bond acceptors (Lipinski definition) is 3. The zero-order chi connectivity index (χ0) is 15.1. The Morgan fingerprint density at radius 1 is 1.20 bits per heavy atom. The number of carbonyl (C=O) groups excluding carboxylic acids is 2. The molecule has 0 heterocycles. The van der Waals surface area contributed by atoms with E-state index in [4.69, 9.17) is 5.11 Å². The van der Waals surface area contributed by atoms with E-state index in [9.17, 15) is 9.59 Å². The molecule has 1 rings (SSSR count). The van der Waals surface area contributed by atoms with Crippen LogP contribution in [-0.2, 0) is 9.59 Å². The van der Waals surface area contributed by atoms with Gasteiger partial charge in [0.05, 0.1) is 0 Å². The van der Waals surface area contributed by atoms with E-state index in [1.807, 2.05) is 26.0 Å². The molecular formula is C15H22N2O3. The van der Waals surface area contributed by atoms with Crippen LogP contribution in [-0.4, -0.2) is 29.6 Å². The van der Waals surface area contributed by atoms with Crippen molar-refractivity contribution in [1.82, 2.24) is 5.32 Å². The van der Waals surface area contributed by atoms with Gasteiger partial charge in [0.2, 0.25) is 0 Å². The summed E-state index contributed by atoms with van der Waals surface area (Å²) < 4.78 is 0. The fourth-order valence-electron chi connectivity index (χ4n) is 1.77. The Bertz CT molecular complexity index is 486. The van der Waals surface area contributed by atoms with Gasteiger partial charge in [-0.1, -0.05) is 6.07 Å². The molecule has 2 amide bonds. The van der Waals surface area contributed by atoms with Gasteiger partial charge in [-0.2, -0.15) is 0 Å². The monoisotopic (exact) mass is 278 g/mol. The molecule has 0 bridgehead atoms. The van der Waals surface area contributed by atoms with Crippen molar-refractivity contribution in [2.24, 2.45) is 0 Å². The number of carbonyl (C=O) groups is 2. The summed E-state index contributed by atoms with van der Waals surface area (Å²) in [5.41, 5.74) is 2.79. The van der Waals surface area contributed by atoms with Gasteiger partial charge in [-0.05, 0) is 56.9 Å². The summed E-state index contributed by atoms with van der Waals surface area (Å²) in [6, 6.07) is 5.35. The second-order valence-electron chi connectivity index (χ2n) is 4.99. The number of aliphatic hydroxyl groups excluding tert-OH is 1. The Hall–Kier alpha value is -1.88. The lowest BCUT2D eigenvalue weighted by molar-refractivity contribution is -0.136. The summed E-state index contributed by atoms with van der Waals surface area (Å²) >= 11 is 0. The molecule has 1 aromatic carbocycles. The second-order valence-corrected chi connectivity index (χ2v) is 4.99. The van der Waals surface area contributed by atoms with Gasteiger partial charge in [-0.15, -0.1) is 0 Å². The highest BCUT2D eigenvalue weighted by Gasteiger charge is 2.16. The smallest absolute Gasteiger partial charge is 0.313 e. The lowest BCUT2D eigenvalue weighted by Gasteiger charge is -2.13. The van der Waals surface area contributed by atoms with Gasteiger partial charge < -0.3 is 15.7 Å². The van der Waals surface area contributed by atoms with Gasteiger partial charge in [-0.3, -0.25) is 9.59 Å². The van der Waals surface area contributed by atoms with E-state index in [0.29, 0.717) is 18.5 Å². The van der Waals surface area contributed by atoms with E-state index >= 15 is 0 Å². The Morgan fingerprint density at radius 2 is 1.90 bits per heavy atom. The third kappa shape index (κ3) is 5.01. The van der Waals surface area contributed by atoms with Crippen LogP contribution < -0.4 is 10.6 Å². The third-order valence-electron chi connectivity index (χ3n) is 3.14. The molecule has 1 atom stereocenters. The number of amides is 2. The van der Waals surface area contributed by atoms with Gasteiger partial charge in [0.15, 0.2) is 0 Å². The van der Waals surface area contributed by atoms with E-state index in [1.165, 1.54) is 0 Å². The maximum atomic E-state index is 11.7. The fourth-order valence-corrected chi connectivity index (χ4v) is 1.77. The van der Waals surface area contributed by atoms with Crippen LogP contribution in [0.15, 0.2) is 18.2 Å². The minimum Gasteiger partial charge on any atom is -0.396 e. The van der Waals surface area contributed by atoms with Gasteiger partial charge >= 0.3 is 11.8 Å². The molecule has 0 aliphatic heterocycles. The lowest BCUT2D eigenvalue weighted by Crippen LogP contribution is -2.40. The summed E-state index contributed by atoms with van der Waals surface area (Å²) in [6.45, 7) is 5.81. The standard InChI is InChI=1S/C15H22N2O3/c1-10-6-7-13(9-11(10)2)17-15(20)14(19)16-12(3)5-4-8-18/h6-7,9,12,18H,4-5,8H2,1-3H3,(H,16,19)(H,17,20). The van der Waals surface area contributed by atoms with E-state index < -0.39 is 11.8 Å². The van der Waals surface area contributed by atoms with Gasteiger partial charge in [0, 0.05) is 18.3 Å². The van der Waals surface area contributed by atoms with Crippen LogP contribution >= 0.6 is 0 Å². The van der Waals surface area contributed by atoms with Crippen LogP contribution in [0.2, 0.25) is 0 Å². The van der Waals surface area contributed by atoms with Crippen molar-refractivity contribution in [2.45, 2.75) is 39.7 Å². The van der Waals surface area contributed by atoms with Crippen molar-refractivity contribution < 1.29 is 14.7 Å². The molecule has 5 nitrogen and oxygen atoms in total. The van der Waals surface area contributed by atoms with Crippen LogP contribution in [0.4, 0.5) is 5.69 Å². The lowest BCUT2D eigenvalue weighted by atomic mass is 10.1. The number of aryl methyl sites for hydroxylation is 2. The van der Waals surface area contributed by atoms with Crippen molar-refractivity contribution in [3.63, 3.8) is 0 Å². The minimum absolute atomic E-state index is 0.0784. The molecule has 0 spiro atoms. The first-order chi connectivity index (χ1) is 9.43. The molecule has 0 saturated heterocycles. The molecule has 1 unspecified atom stereocenters. The highest BCUT2D eigenvalue weighted by Crippen LogP contribution is 2.13. The normalized spacial score (nSPS) is 11.8. The topological polar surface area (TPSA) is 78.4 Å². The minimum atomic E-state index is -0.677. The first-order valence-electron chi connectivity index (χ1n) is 6.74. The number of hydrogen-bond donors (Lipinski definition) is 3. The van der Waals surface area contributed by atoms with E-state index in [0.717, 1.165) is 11.1 Å². The molecule has 0 aromatic heterocycles. The first kappa shape index (κ1) is 16.2. The van der Waals surface area contributed by atoms with Crippen LogP contribution in [0.3, 0.4) is 0 Å². The zero-order valence-electron chi connectivity index (χ0n) is 12.2. The maximum absolute atomic E-state index is 11.7. The number of nitrogens with one attached hydrogen (secondary N) is 2. The molecular weight excluding hydrogens is 256 g/mol. The summed E-state index contributed by atoms with van der Waals surface area (Å²) in [4.78, 5) is 23.4. The van der Waals surface area contributed by atoms with Gasteiger partial charge in [0.1, 0.15) is 0 Å². The van der Waals surface area contributed by atoms with Crippen LogP contribution in [0.1, 0.15) is 30.9 Å². The molecule has 20 heavy (non-hydrogen) atoms. The average Bonchev–Trinajstić information content (AvgIpc) is 2.40. The molecule has 0 aliphatic rings. The highest BCUT2D eigenvalue weighted by molar-refractivity contribution is 6.39.